The molecule has 1 aromatic carbocycles. The third kappa shape index (κ3) is 2.05. The van der Waals surface area contributed by atoms with E-state index < -0.39 is 5.91 Å². The first kappa shape index (κ1) is 11.0. The van der Waals surface area contributed by atoms with Crippen molar-refractivity contribution in [3.05, 3.63) is 36.0 Å². The molecule has 4 N–H and O–H groups in total. The Kier molecular flexibility index (Phi) is 2.70. The lowest BCUT2D eigenvalue weighted by atomic mass is 10.3. The fourth-order valence-electron chi connectivity index (χ4n) is 1.47. The van der Waals surface area contributed by atoms with E-state index in [-0.39, 0.29) is 5.69 Å². The van der Waals surface area contributed by atoms with Gasteiger partial charge in [0, 0.05) is 11.8 Å². The quantitative estimate of drug-likeness (QED) is 0.756. The number of rotatable bonds is 3. The second-order valence-electron chi connectivity index (χ2n) is 3.44. The number of nitrogens with zero attached hydrogens (tertiary/aromatic N) is 2. The van der Waals surface area contributed by atoms with E-state index in [1.807, 2.05) is 0 Å². The number of methoxy groups -OCH3 is 1. The molecule has 1 heterocycles. The molecule has 0 bridgehead atoms. The van der Waals surface area contributed by atoms with Gasteiger partial charge >= 0.3 is 0 Å². The molecule has 0 aliphatic heterocycles. The van der Waals surface area contributed by atoms with E-state index in [1.165, 1.54) is 17.9 Å². The van der Waals surface area contributed by atoms with Gasteiger partial charge in [-0.25, -0.2) is 4.68 Å². The maximum Gasteiger partial charge on any atom is 0.269 e. The molecule has 0 saturated carbocycles. The summed E-state index contributed by atoms with van der Waals surface area (Å²) in [5, 5.41) is 4.05. The zero-order chi connectivity index (χ0) is 12.4. The van der Waals surface area contributed by atoms with Crippen molar-refractivity contribution in [2.24, 2.45) is 5.73 Å². The monoisotopic (exact) mass is 232 g/mol. The Hall–Kier alpha value is -2.50. The molecule has 0 aliphatic rings. The highest BCUT2D eigenvalue weighted by Gasteiger charge is 2.13. The summed E-state index contributed by atoms with van der Waals surface area (Å²) in [6.45, 7) is 0. The van der Waals surface area contributed by atoms with Gasteiger partial charge < -0.3 is 16.2 Å². The molecule has 1 aromatic heterocycles. The van der Waals surface area contributed by atoms with Crippen LogP contribution in [0, 0.1) is 0 Å². The van der Waals surface area contributed by atoms with E-state index in [9.17, 15) is 4.79 Å². The van der Waals surface area contributed by atoms with Gasteiger partial charge in [0.05, 0.1) is 12.8 Å². The lowest BCUT2D eigenvalue weighted by Crippen LogP contribution is -2.12. The SMILES string of the molecule is COc1cc(C(N)=O)nn1-c1cccc(N)c1. The minimum absolute atomic E-state index is 0.143. The number of nitrogen functional groups attached to an aromatic ring is 1. The third-order valence-electron chi connectivity index (χ3n) is 2.25. The highest BCUT2D eigenvalue weighted by Crippen LogP contribution is 2.20. The lowest BCUT2D eigenvalue weighted by molar-refractivity contribution is 0.0995. The van der Waals surface area contributed by atoms with Crippen LogP contribution in [0.15, 0.2) is 30.3 Å². The Labute approximate surface area is 97.8 Å². The number of hydrogen-bond donors (Lipinski definition) is 2. The zero-order valence-corrected chi connectivity index (χ0v) is 9.25. The second-order valence-corrected chi connectivity index (χ2v) is 3.44. The number of carbonyl (C=O) groups is 1. The first-order valence-electron chi connectivity index (χ1n) is 4.91. The van der Waals surface area contributed by atoms with Crippen molar-refractivity contribution in [3.63, 3.8) is 0 Å². The van der Waals surface area contributed by atoms with E-state index >= 15 is 0 Å². The van der Waals surface area contributed by atoms with Crippen LogP contribution in [0.2, 0.25) is 0 Å². The maximum absolute atomic E-state index is 11.0. The highest BCUT2D eigenvalue weighted by molar-refractivity contribution is 5.91. The van der Waals surface area contributed by atoms with Crippen molar-refractivity contribution in [2.45, 2.75) is 0 Å². The van der Waals surface area contributed by atoms with Crippen LogP contribution in [0.25, 0.3) is 5.69 Å². The average molecular weight is 232 g/mol. The van der Waals surface area contributed by atoms with Gasteiger partial charge in [-0.05, 0) is 18.2 Å². The van der Waals surface area contributed by atoms with Gasteiger partial charge in [-0.2, -0.15) is 5.10 Å². The van der Waals surface area contributed by atoms with Crippen LogP contribution >= 0.6 is 0 Å². The molecular formula is C11H12N4O2. The summed E-state index contributed by atoms with van der Waals surface area (Å²) in [6.07, 6.45) is 0. The zero-order valence-electron chi connectivity index (χ0n) is 9.25. The summed E-state index contributed by atoms with van der Waals surface area (Å²) >= 11 is 0. The normalized spacial score (nSPS) is 10.2. The van der Waals surface area contributed by atoms with Crippen molar-refractivity contribution >= 4 is 11.6 Å². The summed E-state index contributed by atoms with van der Waals surface area (Å²) in [5.41, 5.74) is 12.3. The van der Waals surface area contributed by atoms with Gasteiger partial charge in [-0.15, -0.1) is 0 Å². The van der Waals surface area contributed by atoms with Gasteiger partial charge in [0.2, 0.25) is 5.88 Å². The molecule has 0 radical (unpaired) electrons. The maximum atomic E-state index is 11.0. The number of nitrogens with two attached hydrogens (primary N) is 2. The minimum Gasteiger partial charge on any atom is -0.481 e. The van der Waals surface area contributed by atoms with Crippen LogP contribution < -0.4 is 16.2 Å². The molecular weight excluding hydrogens is 220 g/mol. The van der Waals surface area contributed by atoms with Crippen LogP contribution in [0.4, 0.5) is 5.69 Å². The van der Waals surface area contributed by atoms with Crippen molar-refractivity contribution in [3.8, 4) is 11.6 Å². The number of primary amides is 1. The first-order chi connectivity index (χ1) is 8.11. The molecule has 17 heavy (non-hydrogen) atoms. The standard InChI is InChI=1S/C11H12N4O2/c1-17-10-6-9(11(13)16)14-15(10)8-4-2-3-7(12)5-8/h2-6H,12H2,1H3,(H2,13,16). The summed E-state index contributed by atoms with van der Waals surface area (Å²) in [5.74, 6) is -0.185. The van der Waals surface area contributed by atoms with E-state index in [4.69, 9.17) is 16.2 Å². The van der Waals surface area contributed by atoms with Gasteiger partial charge in [0.1, 0.15) is 0 Å². The molecule has 1 amide bonds. The predicted molar refractivity (Wildman–Crippen MR) is 63.0 cm³/mol. The summed E-state index contributed by atoms with van der Waals surface area (Å²) in [7, 11) is 1.49. The number of ether oxygens (including phenoxy) is 1. The Bertz CT molecular complexity index is 562. The van der Waals surface area contributed by atoms with Crippen LogP contribution in [0.5, 0.6) is 5.88 Å². The molecule has 0 atom stereocenters. The van der Waals surface area contributed by atoms with Crippen molar-refractivity contribution in [1.29, 1.82) is 0 Å². The number of amides is 1. The lowest BCUT2D eigenvalue weighted by Gasteiger charge is -2.06. The van der Waals surface area contributed by atoms with Gasteiger partial charge in [-0.1, -0.05) is 6.07 Å². The summed E-state index contributed by atoms with van der Waals surface area (Å²) < 4.78 is 6.59. The fraction of sp³-hybridized carbons (Fsp3) is 0.0909. The molecule has 0 unspecified atom stereocenters. The number of anilines is 1. The van der Waals surface area contributed by atoms with E-state index in [1.54, 1.807) is 24.3 Å². The van der Waals surface area contributed by atoms with Gasteiger partial charge in [-0.3, -0.25) is 4.79 Å². The molecule has 0 fully saturated rings. The molecule has 6 heteroatoms. The first-order valence-corrected chi connectivity index (χ1v) is 4.91. The van der Waals surface area contributed by atoms with Crippen LogP contribution in [-0.4, -0.2) is 22.8 Å². The topological polar surface area (TPSA) is 96.2 Å². The molecule has 0 spiro atoms. The Morgan fingerprint density at radius 1 is 1.41 bits per heavy atom. The summed E-state index contributed by atoms with van der Waals surface area (Å²) in [4.78, 5) is 11.0. The molecule has 0 saturated heterocycles. The number of aromatic nitrogens is 2. The largest absolute Gasteiger partial charge is 0.481 e. The van der Waals surface area contributed by atoms with Crippen LogP contribution in [0.3, 0.4) is 0 Å². The fourth-order valence-corrected chi connectivity index (χ4v) is 1.47. The van der Waals surface area contributed by atoms with Crippen LogP contribution in [-0.2, 0) is 0 Å². The smallest absolute Gasteiger partial charge is 0.269 e. The van der Waals surface area contributed by atoms with E-state index in [0.29, 0.717) is 17.3 Å². The second kappa shape index (κ2) is 4.17. The molecule has 6 nitrogen and oxygen atoms in total. The molecule has 2 rings (SSSR count). The number of benzene rings is 1. The Morgan fingerprint density at radius 2 is 2.18 bits per heavy atom. The third-order valence-corrected chi connectivity index (χ3v) is 2.25. The van der Waals surface area contributed by atoms with Crippen molar-refractivity contribution in [1.82, 2.24) is 9.78 Å². The number of hydrogen-bond acceptors (Lipinski definition) is 4. The van der Waals surface area contributed by atoms with E-state index in [2.05, 4.69) is 5.10 Å². The molecule has 2 aromatic rings. The predicted octanol–water partition coefficient (Wildman–Crippen LogP) is 0.562. The average Bonchev–Trinajstić information content (AvgIpc) is 2.73. The van der Waals surface area contributed by atoms with Gasteiger partial charge in [0.25, 0.3) is 5.91 Å². The Morgan fingerprint density at radius 3 is 2.76 bits per heavy atom. The molecule has 88 valence electrons. The minimum atomic E-state index is -0.606. The number of carbonyl (C=O) groups excluding carboxylic acids is 1. The summed E-state index contributed by atoms with van der Waals surface area (Å²) in [6, 6.07) is 8.55. The van der Waals surface area contributed by atoms with Gasteiger partial charge in [0.15, 0.2) is 5.69 Å². The highest BCUT2D eigenvalue weighted by atomic mass is 16.5. The van der Waals surface area contributed by atoms with Crippen molar-refractivity contribution in [2.75, 3.05) is 12.8 Å². The van der Waals surface area contributed by atoms with Crippen molar-refractivity contribution < 1.29 is 9.53 Å². The van der Waals surface area contributed by atoms with E-state index in [0.717, 1.165) is 0 Å². The van der Waals surface area contributed by atoms with Crippen LogP contribution in [0.1, 0.15) is 10.5 Å². The molecule has 0 aliphatic carbocycles. The Balaban J connectivity index is 2.54.